The molecule has 1 aromatic heterocycles. The molecule has 0 aliphatic heterocycles. The van der Waals surface area contributed by atoms with Crippen LogP contribution in [0.25, 0.3) is 0 Å². The normalized spacial score (nSPS) is 9.90. The van der Waals surface area contributed by atoms with E-state index in [0.717, 1.165) is 28.1 Å². The van der Waals surface area contributed by atoms with Crippen LogP contribution in [-0.4, -0.2) is 16.5 Å². The molecule has 0 fully saturated rings. The van der Waals surface area contributed by atoms with Crippen LogP contribution in [0.5, 0.6) is 0 Å². The van der Waals surface area contributed by atoms with Crippen molar-refractivity contribution in [2.24, 2.45) is 0 Å². The number of halogens is 1. The van der Waals surface area contributed by atoms with Crippen molar-refractivity contribution < 1.29 is 0 Å². The van der Waals surface area contributed by atoms with Crippen molar-refractivity contribution >= 4 is 33.4 Å². The maximum Gasteiger partial charge on any atom is 0.224 e. The van der Waals surface area contributed by atoms with Gasteiger partial charge in [0.05, 0.1) is 17.3 Å². The first kappa shape index (κ1) is 14.3. The molecule has 2 N–H and O–H groups in total. The lowest BCUT2D eigenvalue weighted by Gasteiger charge is -2.11. The molecule has 102 valence electrons. The van der Waals surface area contributed by atoms with E-state index in [-0.39, 0.29) is 0 Å². The largest absolute Gasteiger partial charge is 0.354 e. The molecule has 0 saturated carbocycles. The molecule has 0 radical (unpaired) electrons. The van der Waals surface area contributed by atoms with E-state index in [1.165, 1.54) is 0 Å². The molecule has 0 amide bonds. The zero-order chi connectivity index (χ0) is 14.5. The Kier molecular flexibility index (Phi) is 4.53. The number of hydrogen-bond donors (Lipinski definition) is 2. The Morgan fingerprint density at radius 3 is 2.85 bits per heavy atom. The first-order chi connectivity index (χ1) is 9.63. The lowest BCUT2D eigenvalue weighted by atomic mass is 10.2. The lowest BCUT2D eigenvalue weighted by Crippen LogP contribution is -2.05. The van der Waals surface area contributed by atoms with E-state index in [2.05, 4.69) is 42.6 Å². The molecule has 0 saturated heterocycles. The van der Waals surface area contributed by atoms with Gasteiger partial charge in [-0.05, 0) is 48.0 Å². The van der Waals surface area contributed by atoms with Crippen LogP contribution in [0.4, 0.5) is 17.5 Å². The predicted molar refractivity (Wildman–Crippen MR) is 83.1 cm³/mol. The number of benzene rings is 1. The Morgan fingerprint density at radius 1 is 1.40 bits per heavy atom. The van der Waals surface area contributed by atoms with Crippen LogP contribution < -0.4 is 10.6 Å². The number of nitrogens with one attached hydrogen (secondary N) is 2. The number of rotatable bonds is 4. The molecule has 0 aliphatic rings. The fraction of sp³-hybridized carbons (Fsp3) is 0.214. The van der Waals surface area contributed by atoms with Crippen molar-refractivity contribution in [3.63, 3.8) is 0 Å². The van der Waals surface area contributed by atoms with E-state index in [0.29, 0.717) is 11.5 Å². The molecule has 0 unspecified atom stereocenters. The summed E-state index contributed by atoms with van der Waals surface area (Å²) in [7, 11) is 0. The van der Waals surface area contributed by atoms with Crippen molar-refractivity contribution in [3.05, 3.63) is 40.0 Å². The van der Waals surface area contributed by atoms with Gasteiger partial charge in [0.15, 0.2) is 0 Å². The number of aryl methyl sites for hydroxylation is 1. The molecule has 6 heteroatoms. The second-order valence-corrected chi connectivity index (χ2v) is 5.04. The quantitative estimate of drug-likeness (QED) is 0.895. The Bertz CT molecular complexity index is 663. The SMILES string of the molecule is CCNc1ncc(C)c(Nc2ccc(C#N)cc2Br)n1. The molecular weight excluding hydrogens is 318 g/mol. The smallest absolute Gasteiger partial charge is 0.224 e. The lowest BCUT2D eigenvalue weighted by molar-refractivity contribution is 1.07. The third-order valence-corrected chi connectivity index (χ3v) is 3.31. The summed E-state index contributed by atoms with van der Waals surface area (Å²) >= 11 is 3.45. The van der Waals surface area contributed by atoms with E-state index in [4.69, 9.17) is 5.26 Å². The van der Waals surface area contributed by atoms with Crippen molar-refractivity contribution in [1.29, 1.82) is 5.26 Å². The van der Waals surface area contributed by atoms with Gasteiger partial charge < -0.3 is 10.6 Å². The van der Waals surface area contributed by atoms with Crippen molar-refractivity contribution in [3.8, 4) is 6.07 Å². The van der Waals surface area contributed by atoms with Crippen LogP contribution in [0, 0.1) is 18.3 Å². The summed E-state index contributed by atoms with van der Waals surface area (Å²) < 4.78 is 0.819. The van der Waals surface area contributed by atoms with E-state index in [1.807, 2.05) is 19.9 Å². The summed E-state index contributed by atoms with van der Waals surface area (Å²) in [6.45, 7) is 4.70. The number of nitriles is 1. The second-order valence-electron chi connectivity index (χ2n) is 4.19. The van der Waals surface area contributed by atoms with Crippen LogP contribution in [-0.2, 0) is 0 Å². The predicted octanol–water partition coefficient (Wildman–Crippen LogP) is 3.59. The summed E-state index contributed by atoms with van der Waals surface area (Å²) in [6.07, 6.45) is 1.77. The number of nitrogens with zero attached hydrogens (tertiary/aromatic N) is 3. The molecule has 1 heterocycles. The molecular formula is C14H14BrN5. The van der Waals surface area contributed by atoms with Gasteiger partial charge >= 0.3 is 0 Å². The highest BCUT2D eigenvalue weighted by Gasteiger charge is 2.07. The fourth-order valence-corrected chi connectivity index (χ4v) is 2.10. The van der Waals surface area contributed by atoms with Crippen LogP contribution in [0.3, 0.4) is 0 Å². The van der Waals surface area contributed by atoms with Gasteiger partial charge in [-0.1, -0.05) is 0 Å². The highest BCUT2D eigenvalue weighted by molar-refractivity contribution is 9.10. The van der Waals surface area contributed by atoms with Gasteiger partial charge in [-0.3, -0.25) is 0 Å². The van der Waals surface area contributed by atoms with E-state index < -0.39 is 0 Å². The topological polar surface area (TPSA) is 73.6 Å². The van der Waals surface area contributed by atoms with Crippen molar-refractivity contribution in [1.82, 2.24) is 9.97 Å². The molecule has 2 aromatic rings. The van der Waals surface area contributed by atoms with Gasteiger partial charge in [0.25, 0.3) is 0 Å². The monoisotopic (exact) mass is 331 g/mol. The molecule has 0 aliphatic carbocycles. The van der Waals surface area contributed by atoms with Gasteiger partial charge in [0.1, 0.15) is 5.82 Å². The van der Waals surface area contributed by atoms with Gasteiger partial charge in [-0.2, -0.15) is 10.2 Å². The molecule has 2 rings (SSSR count). The standard InChI is InChI=1S/C14H14BrN5/c1-3-17-14-18-8-9(2)13(20-14)19-12-5-4-10(7-16)6-11(12)15/h4-6,8H,3H2,1-2H3,(H2,17,18,19,20). The molecule has 20 heavy (non-hydrogen) atoms. The average molecular weight is 332 g/mol. The van der Waals surface area contributed by atoms with Gasteiger partial charge in [-0.15, -0.1) is 0 Å². The molecule has 5 nitrogen and oxygen atoms in total. The summed E-state index contributed by atoms with van der Waals surface area (Å²) in [4.78, 5) is 8.62. The van der Waals surface area contributed by atoms with Crippen molar-refractivity contribution in [2.75, 3.05) is 17.2 Å². The Balaban J connectivity index is 2.30. The first-order valence-electron chi connectivity index (χ1n) is 6.18. The molecule has 0 bridgehead atoms. The maximum atomic E-state index is 8.86. The third kappa shape index (κ3) is 3.25. The van der Waals surface area contributed by atoms with E-state index in [9.17, 15) is 0 Å². The van der Waals surface area contributed by atoms with Crippen LogP contribution in [0.15, 0.2) is 28.9 Å². The summed E-state index contributed by atoms with van der Waals surface area (Å²) in [5.74, 6) is 1.33. The third-order valence-electron chi connectivity index (χ3n) is 2.66. The highest BCUT2D eigenvalue weighted by Crippen LogP contribution is 2.27. The van der Waals surface area contributed by atoms with E-state index >= 15 is 0 Å². The fourth-order valence-electron chi connectivity index (χ4n) is 1.63. The minimum atomic E-state index is 0.588. The number of anilines is 3. The Labute approximate surface area is 126 Å². The average Bonchev–Trinajstić information content (AvgIpc) is 2.44. The number of hydrogen-bond acceptors (Lipinski definition) is 5. The zero-order valence-electron chi connectivity index (χ0n) is 11.2. The highest BCUT2D eigenvalue weighted by atomic mass is 79.9. The van der Waals surface area contributed by atoms with Crippen LogP contribution >= 0.6 is 15.9 Å². The van der Waals surface area contributed by atoms with Gasteiger partial charge in [0, 0.05) is 22.8 Å². The second kappa shape index (κ2) is 6.35. The molecule has 0 atom stereocenters. The first-order valence-corrected chi connectivity index (χ1v) is 6.97. The van der Waals surface area contributed by atoms with E-state index in [1.54, 1.807) is 18.3 Å². The zero-order valence-corrected chi connectivity index (χ0v) is 12.8. The summed E-state index contributed by atoms with van der Waals surface area (Å²) in [6, 6.07) is 7.47. The van der Waals surface area contributed by atoms with Crippen LogP contribution in [0.1, 0.15) is 18.1 Å². The molecule has 1 aromatic carbocycles. The Hall–Kier alpha value is -2.13. The Morgan fingerprint density at radius 2 is 2.20 bits per heavy atom. The molecule has 0 spiro atoms. The summed E-state index contributed by atoms with van der Waals surface area (Å²) in [5.41, 5.74) is 2.41. The maximum absolute atomic E-state index is 8.86. The minimum absolute atomic E-state index is 0.588. The minimum Gasteiger partial charge on any atom is -0.354 e. The van der Waals surface area contributed by atoms with Crippen LogP contribution in [0.2, 0.25) is 0 Å². The summed E-state index contributed by atoms with van der Waals surface area (Å²) in [5, 5.41) is 15.2. The number of aromatic nitrogens is 2. The van der Waals surface area contributed by atoms with Gasteiger partial charge in [0.2, 0.25) is 5.95 Å². The van der Waals surface area contributed by atoms with Crippen molar-refractivity contribution in [2.45, 2.75) is 13.8 Å². The van der Waals surface area contributed by atoms with Gasteiger partial charge in [-0.25, -0.2) is 4.98 Å².